The van der Waals surface area contributed by atoms with Crippen molar-refractivity contribution in [2.75, 3.05) is 17.2 Å². The highest BCUT2D eigenvalue weighted by Gasteiger charge is 2.24. The molecule has 0 amide bonds. The molecule has 1 heterocycles. The number of rotatable bonds is 1. The summed E-state index contributed by atoms with van der Waals surface area (Å²) in [5.41, 5.74) is 2.39. The normalized spacial score (nSPS) is 18.4. The van der Waals surface area contributed by atoms with Crippen LogP contribution in [0.5, 0.6) is 5.75 Å². The van der Waals surface area contributed by atoms with Crippen LogP contribution in [0.25, 0.3) is 10.8 Å². The average molecular weight is 278 g/mol. The predicted octanol–water partition coefficient (Wildman–Crippen LogP) is 3.45. The van der Waals surface area contributed by atoms with Gasteiger partial charge in [-0.2, -0.15) is 0 Å². The number of nitrogens with one attached hydrogen (secondary N) is 1. The van der Waals surface area contributed by atoms with E-state index in [4.69, 9.17) is 0 Å². The van der Waals surface area contributed by atoms with Gasteiger partial charge in [0.2, 0.25) is 0 Å². The number of hydrogen-bond donors (Lipinski definition) is 2. The summed E-state index contributed by atoms with van der Waals surface area (Å²) in [6, 6.07) is 9.86. The molecule has 3 rings (SSSR count). The molecule has 2 N–H and O–H groups in total. The van der Waals surface area contributed by atoms with Gasteiger partial charge in [-0.25, -0.2) is 0 Å². The van der Waals surface area contributed by atoms with E-state index in [9.17, 15) is 5.11 Å². The highest BCUT2D eigenvalue weighted by molar-refractivity contribution is 9.09. The lowest BCUT2D eigenvalue weighted by Gasteiger charge is -2.10. The van der Waals surface area contributed by atoms with Gasteiger partial charge in [0.25, 0.3) is 0 Å². The zero-order valence-electron chi connectivity index (χ0n) is 8.70. The van der Waals surface area contributed by atoms with Crippen molar-refractivity contribution in [1.82, 2.24) is 0 Å². The molecule has 0 spiro atoms. The van der Waals surface area contributed by atoms with Crippen molar-refractivity contribution in [3.8, 4) is 5.75 Å². The maximum absolute atomic E-state index is 9.94. The Labute approximate surface area is 102 Å². The van der Waals surface area contributed by atoms with Crippen molar-refractivity contribution in [1.29, 1.82) is 0 Å². The lowest BCUT2D eigenvalue weighted by atomic mass is 9.95. The number of benzene rings is 2. The van der Waals surface area contributed by atoms with Gasteiger partial charge in [0.15, 0.2) is 0 Å². The van der Waals surface area contributed by atoms with Crippen LogP contribution in [0.4, 0.5) is 5.69 Å². The van der Waals surface area contributed by atoms with E-state index in [1.54, 1.807) is 0 Å². The molecule has 82 valence electrons. The molecule has 16 heavy (non-hydrogen) atoms. The number of anilines is 1. The Kier molecular flexibility index (Phi) is 2.28. The zero-order valence-corrected chi connectivity index (χ0v) is 10.3. The first-order valence-corrected chi connectivity index (χ1v) is 6.48. The van der Waals surface area contributed by atoms with Crippen LogP contribution in [0.1, 0.15) is 11.5 Å². The summed E-state index contributed by atoms with van der Waals surface area (Å²) in [7, 11) is 0. The highest BCUT2D eigenvalue weighted by atomic mass is 79.9. The molecule has 0 fully saturated rings. The van der Waals surface area contributed by atoms with Gasteiger partial charge in [-0.3, -0.25) is 0 Å². The van der Waals surface area contributed by atoms with Gasteiger partial charge >= 0.3 is 0 Å². The first-order valence-electron chi connectivity index (χ1n) is 5.35. The van der Waals surface area contributed by atoms with E-state index in [2.05, 4.69) is 27.3 Å². The molecule has 0 bridgehead atoms. The third-order valence-corrected chi connectivity index (χ3v) is 3.98. The number of hydrogen-bond acceptors (Lipinski definition) is 2. The zero-order chi connectivity index (χ0) is 11.1. The Bertz CT molecular complexity index is 553. The second-order valence-electron chi connectivity index (χ2n) is 4.13. The summed E-state index contributed by atoms with van der Waals surface area (Å²) in [5, 5.41) is 16.3. The average Bonchev–Trinajstić information content (AvgIpc) is 2.72. The van der Waals surface area contributed by atoms with Crippen LogP contribution >= 0.6 is 15.9 Å². The molecule has 1 aliphatic heterocycles. The van der Waals surface area contributed by atoms with E-state index in [-0.39, 0.29) is 0 Å². The summed E-state index contributed by atoms with van der Waals surface area (Å²) in [6.45, 7) is 0.939. The summed E-state index contributed by atoms with van der Waals surface area (Å²) in [5.74, 6) is 0.845. The Morgan fingerprint density at radius 3 is 2.81 bits per heavy atom. The Morgan fingerprint density at radius 2 is 2.06 bits per heavy atom. The minimum Gasteiger partial charge on any atom is -0.507 e. The molecule has 0 aliphatic carbocycles. The molecule has 2 aromatic rings. The summed E-state index contributed by atoms with van der Waals surface area (Å²) in [4.78, 5) is 0. The van der Waals surface area contributed by atoms with Gasteiger partial charge in [-0.1, -0.05) is 40.2 Å². The van der Waals surface area contributed by atoms with Crippen LogP contribution in [-0.4, -0.2) is 17.0 Å². The molecule has 1 aliphatic rings. The second-order valence-corrected chi connectivity index (χ2v) is 4.78. The van der Waals surface area contributed by atoms with E-state index in [1.165, 1.54) is 5.56 Å². The van der Waals surface area contributed by atoms with Gasteiger partial charge in [-0.05, 0) is 10.9 Å². The maximum Gasteiger partial charge on any atom is 0.125 e. The van der Waals surface area contributed by atoms with Crippen molar-refractivity contribution < 1.29 is 5.11 Å². The summed E-state index contributed by atoms with van der Waals surface area (Å²) < 4.78 is 0. The largest absolute Gasteiger partial charge is 0.507 e. The molecule has 1 unspecified atom stereocenters. The van der Waals surface area contributed by atoms with E-state index >= 15 is 0 Å². The first-order chi connectivity index (χ1) is 7.81. The third-order valence-electron chi connectivity index (χ3n) is 3.20. The van der Waals surface area contributed by atoms with Gasteiger partial charge in [0.1, 0.15) is 5.75 Å². The van der Waals surface area contributed by atoms with Crippen LogP contribution in [0, 0.1) is 0 Å². The number of phenolic OH excluding ortho intramolecular Hbond substituents is 1. The Morgan fingerprint density at radius 1 is 1.31 bits per heavy atom. The number of phenols is 1. The summed E-state index contributed by atoms with van der Waals surface area (Å²) >= 11 is 3.55. The van der Waals surface area contributed by atoms with Crippen molar-refractivity contribution in [3.63, 3.8) is 0 Å². The fourth-order valence-corrected chi connectivity index (χ4v) is 2.98. The molecule has 0 radical (unpaired) electrons. The van der Waals surface area contributed by atoms with E-state index in [1.807, 2.05) is 24.3 Å². The third kappa shape index (κ3) is 1.31. The lowest BCUT2D eigenvalue weighted by Crippen LogP contribution is -2.02. The van der Waals surface area contributed by atoms with Crippen LogP contribution < -0.4 is 5.32 Å². The van der Waals surface area contributed by atoms with E-state index in [0.717, 1.165) is 28.3 Å². The molecule has 3 heteroatoms. The van der Waals surface area contributed by atoms with Crippen LogP contribution in [-0.2, 0) is 0 Å². The Balaban J connectivity index is 2.37. The fraction of sp³-hybridized carbons (Fsp3) is 0.231. The first kappa shape index (κ1) is 9.97. The maximum atomic E-state index is 9.94. The van der Waals surface area contributed by atoms with Gasteiger partial charge in [-0.15, -0.1) is 0 Å². The van der Waals surface area contributed by atoms with Crippen molar-refractivity contribution in [2.45, 2.75) is 5.92 Å². The van der Waals surface area contributed by atoms with Crippen molar-refractivity contribution in [3.05, 3.63) is 35.9 Å². The molecule has 0 saturated heterocycles. The standard InChI is InChI=1S/C13H12BrNO/c14-6-8-7-15-11-5-12(16)9-3-1-2-4-10(9)13(8)11/h1-5,8,15-16H,6-7H2. The smallest absolute Gasteiger partial charge is 0.125 e. The van der Waals surface area contributed by atoms with Crippen molar-refractivity contribution in [2.24, 2.45) is 0 Å². The molecule has 0 saturated carbocycles. The van der Waals surface area contributed by atoms with Crippen LogP contribution in [0.3, 0.4) is 0 Å². The topological polar surface area (TPSA) is 32.3 Å². The number of halogens is 1. The number of alkyl halides is 1. The van der Waals surface area contributed by atoms with Crippen LogP contribution in [0.2, 0.25) is 0 Å². The fourth-order valence-electron chi connectivity index (χ4n) is 2.43. The summed E-state index contributed by atoms with van der Waals surface area (Å²) in [6.07, 6.45) is 0. The molecular weight excluding hydrogens is 266 g/mol. The quantitative estimate of drug-likeness (QED) is 0.783. The Hall–Kier alpha value is -1.22. The molecule has 2 aromatic carbocycles. The lowest BCUT2D eigenvalue weighted by molar-refractivity contribution is 0.482. The monoisotopic (exact) mass is 277 g/mol. The van der Waals surface area contributed by atoms with Gasteiger partial charge in [0.05, 0.1) is 0 Å². The predicted molar refractivity (Wildman–Crippen MR) is 70.6 cm³/mol. The van der Waals surface area contributed by atoms with Crippen LogP contribution in [0.15, 0.2) is 30.3 Å². The highest BCUT2D eigenvalue weighted by Crippen LogP contribution is 2.41. The molecule has 1 atom stereocenters. The molecule has 2 nitrogen and oxygen atoms in total. The number of aromatic hydroxyl groups is 1. The molecular formula is C13H12BrNO. The van der Waals surface area contributed by atoms with Gasteiger partial charge < -0.3 is 10.4 Å². The van der Waals surface area contributed by atoms with E-state index < -0.39 is 0 Å². The van der Waals surface area contributed by atoms with Crippen molar-refractivity contribution >= 4 is 32.4 Å². The second kappa shape index (κ2) is 3.67. The minimum atomic E-state index is 0.358. The minimum absolute atomic E-state index is 0.358. The van der Waals surface area contributed by atoms with Gasteiger partial charge in [0, 0.05) is 34.9 Å². The SMILES string of the molecule is Oc1cc2c(c3ccccc13)C(CBr)CN2. The molecule has 0 aromatic heterocycles. The number of fused-ring (bicyclic) bond motifs is 3. The van der Waals surface area contributed by atoms with E-state index in [0.29, 0.717) is 11.7 Å².